The molecular weight excluding hydrogens is 230 g/mol. The molecule has 0 atom stereocenters. The van der Waals surface area contributed by atoms with Gasteiger partial charge in [0.2, 0.25) is 0 Å². The molecule has 102 valence electrons. The van der Waals surface area contributed by atoms with Crippen LogP contribution < -0.4 is 5.32 Å². The summed E-state index contributed by atoms with van der Waals surface area (Å²) in [6, 6.07) is 0. The van der Waals surface area contributed by atoms with Crippen LogP contribution in [0.15, 0.2) is 0 Å². The Hall–Kier alpha value is -1.37. The van der Waals surface area contributed by atoms with Gasteiger partial charge >= 0.3 is 6.09 Å². The van der Waals surface area contributed by atoms with Crippen molar-refractivity contribution < 1.29 is 14.6 Å². The van der Waals surface area contributed by atoms with Crippen LogP contribution in [0.1, 0.15) is 46.5 Å². The minimum atomic E-state index is -0.446. The summed E-state index contributed by atoms with van der Waals surface area (Å²) in [7, 11) is 0. The molecule has 0 aromatic heterocycles. The number of aliphatic hydroxyl groups is 1. The second-order valence-corrected chi connectivity index (χ2v) is 5.86. The van der Waals surface area contributed by atoms with E-state index in [4.69, 9.17) is 9.84 Å². The zero-order valence-electron chi connectivity index (χ0n) is 11.5. The van der Waals surface area contributed by atoms with Crippen LogP contribution in [-0.4, -0.2) is 23.3 Å². The van der Waals surface area contributed by atoms with Gasteiger partial charge in [-0.3, -0.25) is 0 Å². The highest BCUT2D eigenvalue weighted by molar-refractivity contribution is 5.67. The Morgan fingerprint density at radius 2 is 1.94 bits per heavy atom. The van der Waals surface area contributed by atoms with Gasteiger partial charge in [-0.1, -0.05) is 5.92 Å². The third-order valence-electron chi connectivity index (χ3n) is 3.05. The number of nitrogens with one attached hydrogen (secondary N) is 1. The summed E-state index contributed by atoms with van der Waals surface area (Å²) in [5.74, 6) is 3.60. The molecule has 4 heteroatoms. The second kappa shape index (κ2) is 6.53. The largest absolute Gasteiger partial charge is 0.462 e. The first-order chi connectivity index (χ1) is 8.40. The van der Waals surface area contributed by atoms with Crippen LogP contribution in [0, 0.1) is 23.9 Å². The van der Waals surface area contributed by atoms with E-state index < -0.39 is 5.60 Å². The predicted molar refractivity (Wildman–Crippen MR) is 69.4 cm³/mol. The van der Waals surface area contributed by atoms with Crippen LogP contribution >= 0.6 is 0 Å². The molecule has 0 aliphatic heterocycles. The lowest BCUT2D eigenvalue weighted by Gasteiger charge is -2.26. The van der Waals surface area contributed by atoms with Crippen LogP contribution in [0.25, 0.3) is 0 Å². The fourth-order valence-electron chi connectivity index (χ4n) is 2.14. The molecule has 1 aliphatic rings. The standard InChI is InChI=1S/C14H23NO3/c1-14(2,3)18-13(17)15-10-12-6-4-11(5-7-12)8-9-16/h11-12,16H,4-7,10H2,1-3H3,(H,15,17). The van der Waals surface area contributed by atoms with Gasteiger partial charge in [0, 0.05) is 12.5 Å². The third kappa shape index (κ3) is 5.81. The number of carbonyl (C=O) groups excluding carboxylic acids is 1. The van der Waals surface area contributed by atoms with E-state index in [1.54, 1.807) is 0 Å². The van der Waals surface area contributed by atoms with Crippen molar-refractivity contribution in [1.82, 2.24) is 5.32 Å². The van der Waals surface area contributed by atoms with Crippen molar-refractivity contribution >= 4 is 6.09 Å². The van der Waals surface area contributed by atoms with Crippen LogP contribution in [-0.2, 0) is 4.74 Å². The molecule has 0 bridgehead atoms. The minimum Gasteiger partial charge on any atom is -0.462 e. The van der Waals surface area contributed by atoms with Crippen molar-refractivity contribution in [2.24, 2.45) is 11.8 Å². The highest BCUT2D eigenvalue weighted by atomic mass is 16.6. The molecule has 2 N–H and O–H groups in total. The van der Waals surface area contributed by atoms with Crippen molar-refractivity contribution in [3.63, 3.8) is 0 Å². The molecule has 1 fully saturated rings. The number of rotatable bonds is 2. The molecule has 0 aromatic rings. The Morgan fingerprint density at radius 1 is 1.33 bits per heavy atom. The van der Waals surface area contributed by atoms with Crippen LogP contribution in [0.4, 0.5) is 4.79 Å². The quantitative estimate of drug-likeness (QED) is 0.744. The molecule has 1 aliphatic carbocycles. The maximum atomic E-state index is 11.5. The van der Waals surface area contributed by atoms with Crippen LogP contribution in [0.3, 0.4) is 0 Å². The molecule has 0 saturated heterocycles. The van der Waals surface area contributed by atoms with E-state index in [0.717, 1.165) is 25.7 Å². The molecule has 1 saturated carbocycles. The molecule has 0 aromatic carbocycles. The molecule has 1 amide bonds. The summed E-state index contributed by atoms with van der Waals surface area (Å²) in [6.45, 7) is 6.22. The van der Waals surface area contributed by atoms with E-state index in [0.29, 0.717) is 18.4 Å². The summed E-state index contributed by atoms with van der Waals surface area (Å²) in [5.41, 5.74) is -0.446. The zero-order valence-corrected chi connectivity index (χ0v) is 11.5. The van der Waals surface area contributed by atoms with E-state index >= 15 is 0 Å². The van der Waals surface area contributed by atoms with Gasteiger partial charge in [-0.25, -0.2) is 4.79 Å². The van der Waals surface area contributed by atoms with Gasteiger partial charge in [0.05, 0.1) is 0 Å². The zero-order chi connectivity index (χ0) is 13.6. The highest BCUT2D eigenvalue weighted by Gasteiger charge is 2.22. The highest BCUT2D eigenvalue weighted by Crippen LogP contribution is 2.27. The molecule has 0 spiro atoms. The van der Waals surface area contributed by atoms with E-state index in [1.165, 1.54) is 0 Å². The summed E-state index contributed by atoms with van der Waals surface area (Å²) >= 11 is 0. The van der Waals surface area contributed by atoms with Gasteiger partial charge in [0.1, 0.15) is 11.7 Å². The SMILES string of the molecule is CC(C)(C)OC(=O)NCC1CCC(C#CO)CC1. The molecular formula is C14H23NO3. The number of carbonyl (C=O) groups is 1. The monoisotopic (exact) mass is 253 g/mol. The number of alkyl carbamates (subject to hydrolysis) is 1. The molecule has 0 heterocycles. The van der Waals surface area contributed by atoms with Crippen molar-refractivity contribution in [3.8, 4) is 12.0 Å². The van der Waals surface area contributed by atoms with Gasteiger partial charge in [0.25, 0.3) is 0 Å². The minimum absolute atomic E-state index is 0.313. The number of hydrogen-bond donors (Lipinski definition) is 2. The van der Waals surface area contributed by atoms with E-state index in [2.05, 4.69) is 11.2 Å². The van der Waals surface area contributed by atoms with Gasteiger partial charge in [0.15, 0.2) is 0 Å². The van der Waals surface area contributed by atoms with Crippen LogP contribution in [0.2, 0.25) is 0 Å². The predicted octanol–water partition coefficient (Wildman–Crippen LogP) is 2.65. The summed E-state index contributed by atoms with van der Waals surface area (Å²) in [5, 5.41) is 11.3. The van der Waals surface area contributed by atoms with Gasteiger partial charge in [-0.2, -0.15) is 0 Å². The Kier molecular flexibility index (Phi) is 5.33. The maximum Gasteiger partial charge on any atom is 0.407 e. The fourth-order valence-corrected chi connectivity index (χ4v) is 2.14. The topological polar surface area (TPSA) is 58.6 Å². The van der Waals surface area contributed by atoms with Gasteiger partial charge < -0.3 is 15.2 Å². The Bertz CT molecular complexity index is 327. The first kappa shape index (κ1) is 14.7. The third-order valence-corrected chi connectivity index (χ3v) is 3.05. The van der Waals surface area contributed by atoms with E-state index in [-0.39, 0.29) is 6.09 Å². The number of amides is 1. The fraction of sp³-hybridized carbons (Fsp3) is 0.786. The Balaban J connectivity index is 2.21. The maximum absolute atomic E-state index is 11.5. The van der Waals surface area contributed by atoms with Crippen LogP contribution in [0.5, 0.6) is 0 Å². The summed E-state index contributed by atoms with van der Waals surface area (Å²) < 4.78 is 5.18. The second-order valence-electron chi connectivity index (χ2n) is 5.86. The first-order valence-electron chi connectivity index (χ1n) is 6.52. The lowest BCUT2D eigenvalue weighted by atomic mass is 9.82. The number of aliphatic hydroxyl groups excluding tert-OH is 1. The molecule has 1 rings (SSSR count). The summed E-state index contributed by atoms with van der Waals surface area (Å²) in [6.07, 6.45) is 5.70. The molecule has 4 nitrogen and oxygen atoms in total. The molecule has 18 heavy (non-hydrogen) atoms. The first-order valence-corrected chi connectivity index (χ1v) is 6.52. The van der Waals surface area contributed by atoms with Gasteiger partial charge in [-0.05, 0) is 52.4 Å². The van der Waals surface area contributed by atoms with E-state index in [9.17, 15) is 4.79 Å². The smallest absolute Gasteiger partial charge is 0.407 e. The van der Waals surface area contributed by atoms with Crippen molar-refractivity contribution in [3.05, 3.63) is 0 Å². The molecule has 0 unspecified atom stereocenters. The van der Waals surface area contributed by atoms with E-state index in [1.807, 2.05) is 26.9 Å². The summed E-state index contributed by atoms with van der Waals surface area (Å²) in [4.78, 5) is 11.5. The van der Waals surface area contributed by atoms with Gasteiger partial charge in [-0.15, -0.1) is 0 Å². The number of ether oxygens (including phenoxy) is 1. The number of hydrogen-bond acceptors (Lipinski definition) is 3. The Morgan fingerprint density at radius 3 is 2.44 bits per heavy atom. The van der Waals surface area contributed by atoms with Crippen molar-refractivity contribution in [1.29, 1.82) is 0 Å². The lowest BCUT2D eigenvalue weighted by molar-refractivity contribution is 0.0514. The normalized spacial score (nSPS) is 23.7. The lowest BCUT2D eigenvalue weighted by Crippen LogP contribution is -2.36. The average Bonchev–Trinajstić information content (AvgIpc) is 2.26. The Labute approximate surface area is 109 Å². The molecule has 0 radical (unpaired) electrons. The average molecular weight is 253 g/mol. The van der Waals surface area contributed by atoms with Crippen molar-refractivity contribution in [2.75, 3.05) is 6.54 Å². The van der Waals surface area contributed by atoms with Crippen molar-refractivity contribution in [2.45, 2.75) is 52.1 Å².